The zero-order valence-corrected chi connectivity index (χ0v) is 14.0. The highest BCUT2D eigenvalue weighted by Crippen LogP contribution is 2.20. The van der Waals surface area contributed by atoms with Crippen LogP contribution in [0.3, 0.4) is 0 Å². The van der Waals surface area contributed by atoms with E-state index in [9.17, 15) is 14.4 Å². The van der Waals surface area contributed by atoms with Crippen molar-refractivity contribution in [3.63, 3.8) is 0 Å². The van der Waals surface area contributed by atoms with Crippen molar-refractivity contribution in [3.8, 4) is 0 Å². The molecule has 0 aliphatic carbocycles. The molecule has 2 heterocycles. The smallest absolute Gasteiger partial charge is 0.320 e. The van der Waals surface area contributed by atoms with Crippen LogP contribution in [0.1, 0.15) is 0 Å². The summed E-state index contributed by atoms with van der Waals surface area (Å²) in [6, 6.07) is 7.05. The minimum absolute atomic E-state index is 0.0271. The lowest BCUT2D eigenvalue weighted by atomic mass is 10.2. The molecular weight excluding hydrogens is 330 g/mol. The van der Waals surface area contributed by atoms with E-state index in [0.717, 1.165) is 0 Å². The lowest BCUT2D eigenvalue weighted by Crippen LogP contribution is -2.46. The Labute approximate surface area is 142 Å². The Morgan fingerprint density at radius 1 is 1.38 bits per heavy atom. The van der Waals surface area contributed by atoms with Gasteiger partial charge in [-0.25, -0.2) is 0 Å². The van der Waals surface area contributed by atoms with E-state index in [1.807, 2.05) is 0 Å². The Morgan fingerprint density at radius 3 is 2.96 bits per heavy atom. The van der Waals surface area contributed by atoms with E-state index >= 15 is 0 Å². The molecule has 3 rings (SSSR count). The minimum Gasteiger partial charge on any atom is -0.468 e. The van der Waals surface area contributed by atoms with Gasteiger partial charge >= 0.3 is 5.97 Å². The Bertz CT molecular complexity index is 835. The van der Waals surface area contributed by atoms with Gasteiger partial charge in [0.25, 0.3) is 0 Å². The quantitative estimate of drug-likeness (QED) is 0.753. The fourth-order valence-electron chi connectivity index (χ4n) is 2.66. The summed E-state index contributed by atoms with van der Waals surface area (Å²) in [6.07, 6.45) is 1.22. The molecule has 8 heteroatoms. The van der Waals surface area contributed by atoms with Crippen molar-refractivity contribution in [2.45, 2.75) is 11.8 Å². The van der Waals surface area contributed by atoms with Gasteiger partial charge in [-0.3, -0.25) is 19.1 Å². The standard InChI is InChI=1S/C16H17N3O4S/c1-23-16(22)14-9-18(6-7-24-14)15(21)10-19-12-5-3-2-4-11(12)13(20)8-17-19/h2-5,8,14H,6-7,9-10H2,1H3/t14-/m0/s1. The van der Waals surface area contributed by atoms with Gasteiger partial charge < -0.3 is 9.64 Å². The maximum atomic E-state index is 12.6. The van der Waals surface area contributed by atoms with E-state index in [0.29, 0.717) is 29.7 Å². The van der Waals surface area contributed by atoms with Gasteiger partial charge in [0.2, 0.25) is 11.3 Å². The maximum Gasteiger partial charge on any atom is 0.320 e. The van der Waals surface area contributed by atoms with E-state index in [4.69, 9.17) is 4.74 Å². The predicted octanol–water partition coefficient (Wildman–Crippen LogP) is 0.514. The number of ether oxygens (including phenoxy) is 1. The van der Waals surface area contributed by atoms with E-state index in [1.54, 1.807) is 29.2 Å². The molecule has 1 aliphatic rings. The molecule has 7 nitrogen and oxygen atoms in total. The molecule has 0 spiro atoms. The van der Waals surface area contributed by atoms with Gasteiger partial charge in [-0.05, 0) is 12.1 Å². The van der Waals surface area contributed by atoms with Gasteiger partial charge in [-0.2, -0.15) is 5.10 Å². The van der Waals surface area contributed by atoms with Crippen molar-refractivity contribution in [2.24, 2.45) is 0 Å². The number of para-hydroxylation sites is 1. The highest BCUT2D eigenvalue weighted by atomic mass is 32.2. The molecule has 1 saturated heterocycles. The lowest BCUT2D eigenvalue weighted by Gasteiger charge is -2.31. The summed E-state index contributed by atoms with van der Waals surface area (Å²) in [4.78, 5) is 37.7. The van der Waals surface area contributed by atoms with Gasteiger partial charge in [-0.15, -0.1) is 11.8 Å². The van der Waals surface area contributed by atoms with Gasteiger partial charge in [0, 0.05) is 24.2 Å². The molecule has 1 aliphatic heterocycles. The number of fused-ring (bicyclic) bond motifs is 1. The number of hydrogen-bond acceptors (Lipinski definition) is 6. The molecular formula is C16H17N3O4S. The van der Waals surface area contributed by atoms with Crippen LogP contribution in [0, 0.1) is 0 Å². The van der Waals surface area contributed by atoms with Crippen molar-refractivity contribution in [3.05, 3.63) is 40.7 Å². The van der Waals surface area contributed by atoms with Crippen LogP contribution in [0.15, 0.2) is 35.3 Å². The summed E-state index contributed by atoms with van der Waals surface area (Å²) in [5, 5.41) is 4.25. The topological polar surface area (TPSA) is 81.5 Å². The average Bonchev–Trinajstić information content (AvgIpc) is 2.63. The number of esters is 1. The van der Waals surface area contributed by atoms with Crippen LogP contribution >= 0.6 is 11.8 Å². The molecule has 126 valence electrons. The fourth-order valence-corrected chi connectivity index (χ4v) is 3.79. The van der Waals surface area contributed by atoms with Crippen LogP contribution in [0.25, 0.3) is 10.9 Å². The molecule has 0 saturated carbocycles. The molecule has 1 aromatic carbocycles. The number of carbonyl (C=O) groups is 2. The molecule has 0 radical (unpaired) electrons. The summed E-state index contributed by atoms with van der Waals surface area (Å²) in [7, 11) is 1.35. The zero-order chi connectivity index (χ0) is 17.1. The number of methoxy groups -OCH3 is 1. The minimum atomic E-state index is -0.355. The van der Waals surface area contributed by atoms with Crippen molar-refractivity contribution in [1.29, 1.82) is 0 Å². The molecule has 0 N–H and O–H groups in total. The van der Waals surface area contributed by atoms with Crippen molar-refractivity contribution < 1.29 is 14.3 Å². The lowest BCUT2D eigenvalue weighted by molar-refractivity contribution is -0.141. The largest absolute Gasteiger partial charge is 0.468 e. The maximum absolute atomic E-state index is 12.6. The Balaban J connectivity index is 1.79. The molecule has 0 unspecified atom stereocenters. The second-order valence-electron chi connectivity index (χ2n) is 5.41. The van der Waals surface area contributed by atoms with Crippen LogP contribution < -0.4 is 5.43 Å². The number of thioether (sulfide) groups is 1. The van der Waals surface area contributed by atoms with E-state index in [1.165, 1.54) is 29.8 Å². The van der Waals surface area contributed by atoms with Crippen LogP contribution in [0.4, 0.5) is 0 Å². The van der Waals surface area contributed by atoms with Crippen LogP contribution in [-0.2, 0) is 20.9 Å². The number of aromatic nitrogens is 2. The number of hydrogen-bond donors (Lipinski definition) is 0. The first-order valence-corrected chi connectivity index (χ1v) is 8.57. The molecule has 2 aromatic rings. The van der Waals surface area contributed by atoms with E-state index in [-0.39, 0.29) is 29.1 Å². The average molecular weight is 347 g/mol. The molecule has 1 fully saturated rings. The van der Waals surface area contributed by atoms with Crippen LogP contribution in [0.5, 0.6) is 0 Å². The zero-order valence-electron chi connectivity index (χ0n) is 13.2. The molecule has 1 atom stereocenters. The second kappa shape index (κ2) is 7.04. The highest BCUT2D eigenvalue weighted by Gasteiger charge is 2.29. The number of carbonyl (C=O) groups excluding carboxylic acids is 2. The van der Waals surface area contributed by atoms with Crippen LogP contribution in [-0.4, -0.2) is 57.8 Å². The number of benzene rings is 1. The molecule has 0 bridgehead atoms. The van der Waals surface area contributed by atoms with Gasteiger partial charge in [0.15, 0.2) is 0 Å². The van der Waals surface area contributed by atoms with E-state index < -0.39 is 0 Å². The fraction of sp³-hybridized carbons (Fsp3) is 0.375. The summed E-state index contributed by atoms with van der Waals surface area (Å²) in [5.41, 5.74) is 0.448. The third kappa shape index (κ3) is 3.28. The number of amides is 1. The van der Waals surface area contributed by atoms with E-state index in [2.05, 4.69) is 5.10 Å². The predicted molar refractivity (Wildman–Crippen MR) is 90.8 cm³/mol. The van der Waals surface area contributed by atoms with Gasteiger partial charge in [0.05, 0.1) is 18.8 Å². The first-order chi connectivity index (χ1) is 11.6. The second-order valence-corrected chi connectivity index (χ2v) is 6.72. The number of rotatable bonds is 3. The molecule has 1 aromatic heterocycles. The monoisotopic (exact) mass is 347 g/mol. The Kier molecular flexibility index (Phi) is 4.84. The molecule has 1 amide bonds. The Hall–Kier alpha value is -2.35. The highest BCUT2D eigenvalue weighted by molar-refractivity contribution is 8.00. The SMILES string of the molecule is COC(=O)[C@@H]1CN(C(=O)Cn2ncc(=O)c3ccccc32)CCS1. The first-order valence-electron chi connectivity index (χ1n) is 7.52. The summed E-state index contributed by atoms with van der Waals surface area (Å²) >= 11 is 1.50. The first kappa shape index (κ1) is 16.5. The Morgan fingerprint density at radius 2 is 2.17 bits per heavy atom. The van der Waals surface area contributed by atoms with Crippen LogP contribution in [0.2, 0.25) is 0 Å². The van der Waals surface area contributed by atoms with Gasteiger partial charge in [-0.1, -0.05) is 12.1 Å². The summed E-state index contributed by atoms with van der Waals surface area (Å²) in [6.45, 7) is 0.933. The van der Waals surface area contributed by atoms with Crippen molar-refractivity contribution >= 4 is 34.5 Å². The van der Waals surface area contributed by atoms with Gasteiger partial charge in [0.1, 0.15) is 11.8 Å². The van der Waals surface area contributed by atoms with Crippen molar-refractivity contribution in [2.75, 3.05) is 26.0 Å². The third-order valence-electron chi connectivity index (χ3n) is 3.93. The summed E-state index contributed by atoms with van der Waals surface area (Å²) in [5.74, 6) is 0.235. The molecule has 24 heavy (non-hydrogen) atoms. The normalized spacial score (nSPS) is 17.7. The summed E-state index contributed by atoms with van der Waals surface area (Å²) < 4.78 is 6.28. The third-order valence-corrected chi connectivity index (χ3v) is 5.09. The number of nitrogens with zero attached hydrogens (tertiary/aromatic N) is 3. The van der Waals surface area contributed by atoms with Crippen molar-refractivity contribution in [1.82, 2.24) is 14.7 Å².